The predicted octanol–water partition coefficient (Wildman–Crippen LogP) is 2.34. The van der Waals surface area contributed by atoms with Crippen molar-refractivity contribution in [3.63, 3.8) is 0 Å². The molecule has 2 aromatic rings. The summed E-state index contributed by atoms with van der Waals surface area (Å²) in [5.74, 6) is 1.92. The number of hydrogen-bond acceptors (Lipinski definition) is 6. The summed E-state index contributed by atoms with van der Waals surface area (Å²) in [4.78, 5) is 25.2. The van der Waals surface area contributed by atoms with Crippen LogP contribution in [0.3, 0.4) is 0 Å². The van der Waals surface area contributed by atoms with Crippen molar-refractivity contribution in [3.8, 4) is 5.75 Å². The number of aromatic nitrogens is 2. The van der Waals surface area contributed by atoms with Crippen LogP contribution in [0.4, 0.5) is 5.82 Å². The number of carbonyl (C=O) groups excluding carboxylic acids is 1. The number of piperidine rings is 1. The highest BCUT2D eigenvalue weighted by Gasteiger charge is 2.29. The van der Waals surface area contributed by atoms with Crippen LogP contribution in [-0.4, -0.2) is 59.2 Å². The average molecular weight is 384 g/mol. The Labute approximate surface area is 166 Å². The summed E-state index contributed by atoms with van der Waals surface area (Å²) in [7, 11) is 2.82. The number of aryl methyl sites for hydroxylation is 2. The van der Waals surface area contributed by atoms with E-state index in [0.717, 1.165) is 67.0 Å². The van der Waals surface area contributed by atoms with E-state index in [4.69, 9.17) is 14.8 Å². The third-order valence-electron chi connectivity index (χ3n) is 5.12. The molecule has 2 aliphatic rings. The van der Waals surface area contributed by atoms with Gasteiger partial charge in [-0.1, -0.05) is 0 Å². The number of aliphatic hydroxyl groups is 1. The van der Waals surface area contributed by atoms with Crippen molar-refractivity contribution in [2.45, 2.75) is 39.3 Å². The minimum Gasteiger partial charge on any atom is -0.489 e. The Morgan fingerprint density at radius 1 is 1.14 bits per heavy atom. The highest BCUT2D eigenvalue weighted by molar-refractivity contribution is 5.98. The summed E-state index contributed by atoms with van der Waals surface area (Å²) in [6, 6.07) is 4.02. The quantitative estimate of drug-likeness (QED) is 0.875. The van der Waals surface area contributed by atoms with E-state index in [1.54, 1.807) is 11.1 Å². The van der Waals surface area contributed by atoms with Crippen molar-refractivity contribution in [3.05, 3.63) is 46.9 Å². The van der Waals surface area contributed by atoms with Crippen LogP contribution in [-0.2, 0) is 6.54 Å². The van der Waals surface area contributed by atoms with Crippen LogP contribution in [0.15, 0.2) is 24.5 Å². The van der Waals surface area contributed by atoms with E-state index in [1.165, 1.54) is 0 Å². The molecule has 0 spiro atoms. The van der Waals surface area contributed by atoms with Crippen LogP contribution in [0.2, 0.25) is 0 Å². The molecule has 150 valence electrons. The molecule has 1 N–H and O–H groups in total. The molecule has 2 aliphatic heterocycles. The fourth-order valence-corrected chi connectivity index (χ4v) is 3.74. The van der Waals surface area contributed by atoms with Crippen molar-refractivity contribution >= 4 is 11.7 Å². The molecule has 0 bridgehead atoms. The average Bonchev–Trinajstić information content (AvgIpc) is 2.97. The van der Waals surface area contributed by atoms with Gasteiger partial charge in [0.25, 0.3) is 5.91 Å². The summed E-state index contributed by atoms with van der Waals surface area (Å²) >= 11 is 0. The molecule has 4 rings (SSSR count). The van der Waals surface area contributed by atoms with E-state index in [-0.39, 0.29) is 12.0 Å². The number of aliphatic hydroxyl groups excluding tert-OH is 1. The molecule has 0 saturated carbocycles. The molecule has 1 saturated heterocycles. The molecule has 0 radical (unpaired) electrons. The lowest BCUT2D eigenvalue weighted by molar-refractivity contribution is 0.0816. The molecular weight excluding hydrogens is 356 g/mol. The molecule has 7 heteroatoms. The van der Waals surface area contributed by atoms with Gasteiger partial charge in [-0.3, -0.25) is 9.78 Å². The van der Waals surface area contributed by atoms with Crippen LogP contribution in [0.1, 0.15) is 40.0 Å². The first-order valence-electron chi connectivity index (χ1n) is 9.55. The summed E-state index contributed by atoms with van der Waals surface area (Å²) in [5.41, 5.74) is 3.81. The van der Waals surface area contributed by atoms with E-state index >= 15 is 0 Å². The number of carbonyl (C=O) groups is 1. The zero-order valence-electron chi connectivity index (χ0n) is 17.0. The summed E-state index contributed by atoms with van der Waals surface area (Å²) in [6.45, 7) is 6.46. The first kappa shape index (κ1) is 20.1. The van der Waals surface area contributed by atoms with Crippen LogP contribution in [0.25, 0.3) is 0 Å². The Morgan fingerprint density at radius 3 is 2.54 bits per heavy atom. The normalized spacial score (nSPS) is 16.5. The number of nitrogens with zero attached hydrogens (tertiary/aromatic N) is 4. The number of anilines is 1. The highest BCUT2D eigenvalue weighted by Crippen LogP contribution is 2.29. The van der Waals surface area contributed by atoms with Gasteiger partial charge in [0.1, 0.15) is 17.7 Å². The maximum absolute atomic E-state index is 12.1. The second kappa shape index (κ2) is 8.56. The Hall–Kier alpha value is -2.67. The fraction of sp³-hybridized carbons (Fsp3) is 0.476. The van der Waals surface area contributed by atoms with Gasteiger partial charge in [-0.2, -0.15) is 0 Å². The number of rotatable bonds is 3. The molecule has 1 amide bonds. The van der Waals surface area contributed by atoms with Crippen molar-refractivity contribution in [1.82, 2.24) is 14.9 Å². The van der Waals surface area contributed by atoms with Gasteiger partial charge in [0.2, 0.25) is 0 Å². The second-order valence-corrected chi connectivity index (χ2v) is 7.29. The molecule has 2 aromatic heterocycles. The van der Waals surface area contributed by atoms with Crippen molar-refractivity contribution in [1.29, 1.82) is 0 Å². The SMILES string of the molecule is CO.Cc1cncc(OC2CCN(c3nc4c(cc3C)C(=O)N(C)C4)CC2)c1. The molecule has 0 aromatic carbocycles. The largest absolute Gasteiger partial charge is 0.489 e. The van der Waals surface area contributed by atoms with Gasteiger partial charge in [0, 0.05) is 46.3 Å². The number of fused-ring (bicyclic) bond motifs is 1. The van der Waals surface area contributed by atoms with E-state index in [2.05, 4.69) is 9.88 Å². The summed E-state index contributed by atoms with van der Waals surface area (Å²) in [6.07, 6.45) is 5.71. The van der Waals surface area contributed by atoms with Gasteiger partial charge in [-0.05, 0) is 37.1 Å². The van der Waals surface area contributed by atoms with E-state index in [9.17, 15) is 4.79 Å². The zero-order chi connectivity index (χ0) is 20.3. The number of hydrogen-bond donors (Lipinski definition) is 1. The first-order chi connectivity index (χ1) is 13.5. The monoisotopic (exact) mass is 384 g/mol. The van der Waals surface area contributed by atoms with Gasteiger partial charge < -0.3 is 19.6 Å². The summed E-state index contributed by atoms with van der Waals surface area (Å²) < 4.78 is 6.09. The molecule has 0 unspecified atom stereocenters. The van der Waals surface area contributed by atoms with Gasteiger partial charge >= 0.3 is 0 Å². The predicted molar refractivity (Wildman–Crippen MR) is 108 cm³/mol. The molecule has 1 fully saturated rings. The van der Waals surface area contributed by atoms with E-state index in [1.807, 2.05) is 39.2 Å². The third-order valence-corrected chi connectivity index (χ3v) is 5.12. The first-order valence-corrected chi connectivity index (χ1v) is 9.55. The Morgan fingerprint density at radius 2 is 1.86 bits per heavy atom. The van der Waals surface area contributed by atoms with Crippen molar-refractivity contribution < 1.29 is 14.6 Å². The lowest BCUT2D eigenvalue weighted by atomic mass is 10.1. The lowest BCUT2D eigenvalue weighted by Crippen LogP contribution is -2.39. The second-order valence-electron chi connectivity index (χ2n) is 7.29. The standard InChI is InChI=1S/C20H24N4O2.CH4O/c1-13-8-16(11-21-10-13)26-15-4-6-24(7-5-15)19-14(2)9-17-18(22-19)12-23(3)20(17)25;1-2/h8-11,15H,4-7,12H2,1-3H3;2H,1H3. The smallest absolute Gasteiger partial charge is 0.255 e. The number of ether oxygens (including phenoxy) is 1. The van der Waals surface area contributed by atoms with Crippen LogP contribution in [0.5, 0.6) is 5.75 Å². The van der Waals surface area contributed by atoms with Gasteiger partial charge in [-0.25, -0.2) is 4.98 Å². The lowest BCUT2D eigenvalue weighted by Gasteiger charge is -2.33. The molecule has 0 atom stereocenters. The van der Waals surface area contributed by atoms with Gasteiger partial charge in [-0.15, -0.1) is 0 Å². The Kier molecular flexibility index (Phi) is 6.14. The van der Waals surface area contributed by atoms with Gasteiger partial charge in [0.15, 0.2) is 0 Å². The Balaban J connectivity index is 0.00000109. The molecule has 0 aliphatic carbocycles. The van der Waals surface area contributed by atoms with E-state index < -0.39 is 0 Å². The summed E-state index contributed by atoms with van der Waals surface area (Å²) in [5, 5.41) is 7.00. The third kappa shape index (κ3) is 4.09. The minimum absolute atomic E-state index is 0.0704. The topological polar surface area (TPSA) is 78.8 Å². The fourth-order valence-electron chi connectivity index (χ4n) is 3.74. The van der Waals surface area contributed by atoms with Crippen LogP contribution in [0, 0.1) is 13.8 Å². The van der Waals surface area contributed by atoms with Gasteiger partial charge in [0.05, 0.1) is 24.0 Å². The molecule has 7 nitrogen and oxygen atoms in total. The van der Waals surface area contributed by atoms with Crippen molar-refractivity contribution in [2.24, 2.45) is 0 Å². The number of pyridine rings is 2. The molecule has 28 heavy (non-hydrogen) atoms. The maximum Gasteiger partial charge on any atom is 0.255 e. The highest BCUT2D eigenvalue weighted by atomic mass is 16.5. The zero-order valence-corrected chi connectivity index (χ0v) is 17.0. The molecule has 4 heterocycles. The van der Waals surface area contributed by atoms with Crippen LogP contribution >= 0.6 is 0 Å². The molecular formula is C21H28N4O3. The van der Waals surface area contributed by atoms with Crippen LogP contribution < -0.4 is 9.64 Å². The minimum atomic E-state index is 0.0704. The Bertz CT molecular complexity index is 848. The van der Waals surface area contributed by atoms with Crippen molar-refractivity contribution in [2.75, 3.05) is 32.1 Å². The maximum atomic E-state index is 12.1. The van der Waals surface area contributed by atoms with E-state index in [0.29, 0.717) is 6.54 Å². The number of amides is 1.